The first-order chi connectivity index (χ1) is 13.1. The Hall–Kier alpha value is -1.12. The number of aromatic nitrogens is 2. The predicted molar refractivity (Wildman–Crippen MR) is 114 cm³/mol. The van der Waals surface area contributed by atoms with Crippen LogP contribution in [-0.2, 0) is 23.1 Å². The van der Waals surface area contributed by atoms with E-state index in [1.165, 1.54) is 0 Å². The zero-order chi connectivity index (χ0) is 20.6. The van der Waals surface area contributed by atoms with Crippen LogP contribution in [0.3, 0.4) is 0 Å². The van der Waals surface area contributed by atoms with E-state index in [-0.39, 0.29) is 17.5 Å². The maximum absolute atomic E-state index is 13.1. The molecule has 2 atom stereocenters. The highest BCUT2D eigenvalue weighted by molar-refractivity contribution is 7.90. The lowest BCUT2D eigenvalue weighted by atomic mass is 9.98. The average molecular weight is 426 g/mol. The number of benzene rings is 1. The van der Waals surface area contributed by atoms with Crippen molar-refractivity contribution >= 4 is 33.9 Å². The minimum atomic E-state index is -1.26. The summed E-state index contributed by atoms with van der Waals surface area (Å²) in [6.45, 7) is 9.01. The highest BCUT2D eigenvalue weighted by atomic mass is 35.5. The summed E-state index contributed by atoms with van der Waals surface area (Å²) in [5.41, 5.74) is 1.30. The molecule has 1 fully saturated rings. The molecule has 1 aliphatic heterocycles. The highest BCUT2D eigenvalue weighted by Gasteiger charge is 2.30. The molecule has 3 rings (SSSR count). The Balaban J connectivity index is 2.12. The maximum Gasteiger partial charge on any atom is 0.261 e. The molecule has 28 heavy (non-hydrogen) atoms. The van der Waals surface area contributed by atoms with E-state index in [2.05, 4.69) is 4.72 Å². The van der Waals surface area contributed by atoms with E-state index >= 15 is 0 Å². The Morgan fingerprint density at radius 2 is 2.00 bits per heavy atom. The van der Waals surface area contributed by atoms with Crippen molar-refractivity contribution in [3.05, 3.63) is 38.9 Å². The quantitative estimate of drug-likeness (QED) is 0.757. The predicted octanol–water partition coefficient (Wildman–Crippen LogP) is 3.59. The minimum absolute atomic E-state index is 0.112. The molecule has 1 saturated heterocycles. The van der Waals surface area contributed by atoms with Gasteiger partial charge in [0.15, 0.2) is 0 Å². The number of fused-ring (bicyclic) bond motifs is 1. The van der Waals surface area contributed by atoms with E-state index in [9.17, 15) is 9.35 Å². The summed E-state index contributed by atoms with van der Waals surface area (Å²) in [5, 5.41) is 0.950. The van der Waals surface area contributed by atoms with Crippen molar-refractivity contribution in [2.45, 2.75) is 57.2 Å². The maximum atomic E-state index is 13.1. The molecule has 1 unspecified atom stereocenters. The number of rotatable bonds is 4. The molecule has 6 nitrogen and oxygen atoms in total. The fourth-order valence-corrected chi connectivity index (χ4v) is 4.46. The molecule has 1 aromatic carbocycles. The van der Waals surface area contributed by atoms with Crippen molar-refractivity contribution in [1.82, 2.24) is 14.3 Å². The van der Waals surface area contributed by atoms with Gasteiger partial charge in [0, 0.05) is 48.1 Å². The summed E-state index contributed by atoms with van der Waals surface area (Å²) in [6, 6.07) is 3.20. The van der Waals surface area contributed by atoms with Gasteiger partial charge in [-0.15, -0.1) is 4.72 Å². The lowest BCUT2D eigenvalue weighted by molar-refractivity contribution is 0.0828. The normalized spacial score (nSPS) is 18.4. The molecule has 8 heteroatoms. The van der Waals surface area contributed by atoms with Crippen LogP contribution >= 0.6 is 11.6 Å². The monoisotopic (exact) mass is 425 g/mol. The first kappa shape index (κ1) is 21.6. The summed E-state index contributed by atoms with van der Waals surface area (Å²) in [6.07, 6.45) is 1.69. The number of nitrogens with zero attached hydrogens (tertiary/aromatic N) is 2. The largest absolute Gasteiger partial charge is 0.598 e. The summed E-state index contributed by atoms with van der Waals surface area (Å²) in [5.74, 6) is 0.958. The van der Waals surface area contributed by atoms with Gasteiger partial charge in [-0.25, -0.2) is 4.98 Å². The van der Waals surface area contributed by atoms with Crippen molar-refractivity contribution in [2.24, 2.45) is 7.05 Å². The topological polar surface area (TPSA) is 79.2 Å². The molecule has 1 aromatic heterocycles. The summed E-state index contributed by atoms with van der Waals surface area (Å²) in [4.78, 5) is 18.0. The molecule has 0 saturated carbocycles. The molecular formula is C20H28ClN3O3S. The molecule has 2 heterocycles. The zero-order valence-electron chi connectivity index (χ0n) is 17.0. The fraction of sp³-hybridized carbons (Fsp3) is 0.600. The van der Waals surface area contributed by atoms with Gasteiger partial charge in [-0.1, -0.05) is 11.6 Å². The van der Waals surface area contributed by atoms with E-state index in [1.54, 1.807) is 17.7 Å². The van der Waals surface area contributed by atoms with Crippen molar-refractivity contribution < 1.29 is 9.29 Å². The molecule has 0 amide bonds. The molecule has 2 aromatic rings. The molecule has 1 aliphatic rings. The van der Waals surface area contributed by atoms with Gasteiger partial charge in [0.05, 0.1) is 16.9 Å². The van der Waals surface area contributed by atoms with Crippen LogP contribution in [0.2, 0.25) is 5.02 Å². The Morgan fingerprint density at radius 1 is 1.36 bits per heavy atom. The number of ether oxygens (including phenoxy) is 1. The molecule has 154 valence electrons. The number of hydrogen-bond donors (Lipinski definition) is 1. The average Bonchev–Trinajstić information content (AvgIpc) is 2.64. The molecule has 0 aliphatic carbocycles. The second-order valence-electron chi connectivity index (χ2n) is 8.33. The minimum Gasteiger partial charge on any atom is -0.598 e. The highest BCUT2D eigenvalue weighted by Crippen LogP contribution is 2.30. The van der Waals surface area contributed by atoms with Crippen LogP contribution in [0.1, 0.15) is 63.9 Å². The first-order valence-corrected chi connectivity index (χ1v) is 11.1. The van der Waals surface area contributed by atoms with Crippen LogP contribution < -0.4 is 10.3 Å². The summed E-state index contributed by atoms with van der Waals surface area (Å²) >= 11 is 5.05. The van der Waals surface area contributed by atoms with Crippen molar-refractivity contribution in [1.29, 1.82) is 0 Å². The van der Waals surface area contributed by atoms with Crippen LogP contribution in [0.5, 0.6) is 0 Å². The summed E-state index contributed by atoms with van der Waals surface area (Å²) in [7, 11) is 1.76. The smallest absolute Gasteiger partial charge is 0.261 e. The fourth-order valence-electron chi connectivity index (χ4n) is 3.43. The van der Waals surface area contributed by atoms with Gasteiger partial charge in [0.25, 0.3) is 5.56 Å². The standard InChI is InChI=1S/C20H28ClN3O3S/c1-12(23-28(26)20(2,3)4)15-10-14(21)11-16-17(15)22-18(24(5)19(16)25)13-6-8-27-9-7-13/h10-13,23H,6-9H2,1-5H3/t12-,28?/m1/s1. The lowest BCUT2D eigenvalue weighted by Gasteiger charge is -2.27. The van der Waals surface area contributed by atoms with Gasteiger partial charge in [0.2, 0.25) is 0 Å². The second kappa shape index (κ2) is 8.32. The van der Waals surface area contributed by atoms with Gasteiger partial charge in [-0.3, -0.25) is 9.36 Å². The van der Waals surface area contributed by atoms with Crippen LogP contribution in [0.4, 0.5) is 0 Å². The third-order valence-corrected chi connectivity index (χ3v) is 7.00. The molecule has 0 spiro atoms. The number of halogens is 1. The second-order valence-corrected chi connectivity index (χ2v) is 10.8. The van der Waals surface area contributed by atoms with Crippen LogP contribution in [-0.4, -0.2) is 32.1 Å². The van der Waals surface area contributed by atoms with Crippen LogP contribution in [0.15, 0.2) is 16.9 Å². The van der Waals surface area contributed by atoms with Crippen LogP contribution in [0, 0.1) is 0 Å². The molecule has 0 radical (unpaired) electrons. The first-order valence-electron chi connectivity index (χ1n) is 9.55. The SMILES string of the molecule is C[C@@H](N[S+]([O-])C(C)(C)C)c1cc(Cl)cc2c(=O)n(C)c(C3CCOCC3)nc12. The van der Waals surface area contributed by atoms with Gasteiger partial charge in [-0.05, 0) is 52.7 Å². The third-order valence-electron chi connectivity index (χ3n) is 5.10. The number of nitrogens with one attached hydrogen (secondary N) is 1. The van der Waals surface area contributed by atoms with Crippen molar-refractivity contribution in [2.75, 3.05) is 13.2 Å². The Morgan fingerprint density at radius 3 is 2.61 bits per heavy atom. The van der Waals surface area contributed by atoms with Gasteiger partial charge in [-0.2, -0.15) is 0 Å². The Labute approximate surface area is 173 Å². The van der Waals surface area contributed by atoms with E-state index < -0.39 is 16.1 Å². The Bertz CT molecular complexity index is 920. The third kappa shape index (κ3) is 4.39. The van der Waals surface area contributed by atoms with Gasteiger partial charge >= 0.3 is 0 Å². The lowest BCUT2D eigenvalue weighted by Crippen LogP contribution is -2.40. The molecule has 0 bridgehead atoms. The van der Waals surface area contributed by atoms with E-state index in [0.717, 1.165) is 24.2 Å². The van der Waals surface area contributed by atoms with E-state index in [4.69, 9.17) is 21.3 Å². The summed E-state index contributed by atoms with van der Waals surface area (Å²) < 4.78 is 22.4. The number of hydrogen-bond acceptors (Lipinski definition) is 5. The molecular weight excluding hydrogens is 398 g/mol. The van der Waals surface area contributed by atoms with Crippen LogP contribution in [0.25, 0.3) is 10.9 Å². The van der Waals surface area contributed by atoms with Crippen molar-refractivity contribution in [3.8, 4) is 0 Å². The van der Waals surface area contributed by atoms with Gasteiger partial charge < -0.3 is 9.29 Å². The van der Waals surface area contributed by atoms with Gasteiger partial charge in [0.1, 0.15) is 10.6 Å². The van der Waals surface area contributed by atoms with E-state index in [0.29, 0.717) is 29.1 Å². The van der Waals surface area contributed by atoms with Crippen molar-refractivity contribution in [3.63, 3.8) is 0 Å². The van der Waals surface area contributed by atoms with E-state index in [1.807, 2.05) is 33.8 Å². The zero-order valence-corrected chi connectivity index (χ0v) is 18.6. The molecule has 1 N–H and O–H groups in total. The Kier molecular flexibility index (Phi) is 6.41.